The first-order valence-corrected chi connectivity index (χ1v) is 9.15. The van der Waals surface area contributed by atoms with Gasteiger partial charge < -0.3 is 0 Å². The molecule has 0 aromatic rings. The molecule has 10 heavy (non-hydrogen) atoms. The summed E-state index contributed by atoms with van der Waals surface area (Å²) in [7, 11) is 0. The third-order valence-corrected chi connectivity index (χ3v) is 14.5. The van der Waals surface area contributed by atoms with Gasteiger partial charge >= 0.3 is 68.2 Å². The van der Waals surface area contributed by atoms with E-state index in [1.165, 1.54) is 13.4 Å². The Morgan fingerprint density at radius 2 is 0.900 bits per heavy atom. The van der Waals surface area contributed by atoms with Crippen molar-refractivity contribution in [3.05, 3.63) is 0 Å². The van der Waals surface area contributed by atoms with Gasteiger partial charge in [-0.1, -0.05) is 0 Å². The number of hydrogen-bond donors (Lipinski definition) is 0. The van der Waals surface area contributed by atoms with Crippen molar-refractivity contribution >= 4 is 16.2 Å². The molecule has 3 fully saturated rings. The molecule has 0 spiro atoms. The van der Waals surface area contributed by atoms with E-state index >= 15 is 0 Å². The first-order valence-electron chi connectivity index (χ1n) is 4.95. The molecule has 0 saturated heterocycles. The van der Waals surface area contributed by atoms with Gasteiger partial charge in [0.25, 0.3) is 0 Å². The SMILES string of the molecule is C1C[CH]1[Ga]([CH]1CC1)[CH]1CC1. The van der Waals surface area contributed by atoms with Crippen LogP contribution in [-0.2, 0) is 0 Å². The van der Waals surface area contributed by atoms with E-state index in [-0.39, 0.29) is 0 Å². The maximum atomic E-state index is 1.66. The van der Waals surface area contributed by atoms with Gasteiger partial charge in [0.15, 0.2) is 0 Å². The van der Waals surface area contributed by atoms with Gasteiger partial charge in [0.1, 0.15) is 0 Å². The zero-order valence-corrected chi connectivity index (χ0v) is 8.97. The first-order chi connectivity index (χ1) is 4.95. The van der Waals surface area contributed by atoms with E-state index in [1.807, 2.05) is 0 Å². The standard InChI is InChI=1S/3C3H5.Ga/c3*1-2-3-1;/h3*1H,2-3H2;. The van der Waals surface area contributed by atoms with Crippen LogP contribution in [0.25, 0.3) is 0 Å². The molecule has 0 nitrogen and oxygen atoms in total. The van der Waals surface area contributed by atoms with Crippen molar-refractivity contribution in [2.24, 2.45) is 0 Å². The summed E-state index contributed by atoms with van der Waals surface area (Å²) in [6, 6.07) is 0. The summed E-state index contributed by atoms with van der Waals surface area (Å²) in [6.07, 6.45) is 9.99. The van der Waals surface area contributed by atoms with Crippen molar-refractivity contribution in [1.29, 1.82) is 0 Å². The van der Waals surface area contributed by atoms with Gasteiger partial charge in [0, 0.05) is 0 Å². The van der Waals surface area contributed by atoms with Crippen LogP contribution in [0.1, 0.15) is 38.5 Å². The van der Waals surface area contributed by atoms with E-state index in [0.717, 1.165) is 0 Å². The Bertz CT molecular complexity index is 114. The monoisotopic (exact) mass is 192 g/mol. The van der Waals surface area contributed by atoms with Crippen LogP contribution < -0.4 is 0 Å². The van der Waals surface area contributed by atoms with Crippen LogP contribution >= 0.6 is 0 Å². The molecular weight excluding hydrogens is 178 g/mol. The van der Waals surface area contributed by atoms with Gasteiger partial charge in [-0.05, 0) is 0 Å². The summed E-state index contributed by atoms with van der Waals surface area (Å²) < 4.78 is 4.19. The van der Waals surface area contributed by atoms with E-state index in [1.54, 1.807) is 38.5 Å². The van der Waals surface area contributed by atoms with Gasteiger partial charge in [0.2, 0.25) is 0 Å². The van der Waals surface area contributed by atoms with Crippen LogP contribution in [0.5, 0.6) is 0 Å². The predicted molar refractivity (Wildman–Crippen MR) is 44.7 cm³/mol. The molecule has 3 aliphatic carbocycles. The van der Waals surface area contributed by atoms with Gasteiger partial charge in [-0.25, -0.2) is 0 Å². The Hall–Kier alpha value is 0.636. The van der Waals surface area contributed by atoms with Crippen molar-refractivity contribution < 1.29 is 0 Å². The number of hydrogen-bond acceptors (Lipinski definition) is 0. The molecule has 54 valence electrons. The van der Waals surface area contributed by atoms with Crippen LogP contribution in [0, 0.1) is 0 Å². The Balaban J connectivity index is 1.69. The third kappa shape index (κ3) is 1.08. The Kier molecular flexibility index (Phi) is 1.28. The summed E-state index contributed by atoms with van der Waals surface area (Å²) in [5.41, 5.74) is 0. The predicted octanol–water partition coefficient (Wildman–Crippen LogP) is 2.97. The van der Waals surface area contributed by atoms with E-state index < -0.39 is 16.2 Å². The van der Waals surface area contributed by atoms with Gasteiger partial charge in [-0.2, -0.15) is 0 Å². The maximum absolute atomic E-state index is 1.66. The van der Waals surface area contributed by atoms with Crippen LogP contribution in [-0.4, -0.2) is 16.2 Å². The molecule has 0 N–H and O–H groups in total. The molecule has 0 bridgehead atoms. The van der Waals surface area contributed by atoms with Crippen LogP contribution in [0.2, 0.25) is 13.4 Å². The zero-order chi connectivity index (χ0) is 6.55. The molecule has 0 aliphatic heterocycles. The topological polar surface area (TPSA) is 0 Å². The Morgan fingerprint density at radius 3 is 1.10 bits per heavy atom. The summed E-state index contributed by atoms with van der Waals surface area (Å²) in [6.45, 7) is 0. The van der Waals surface area contributed by atoms with Crippen molar-refractivity contribution in [1.82, 2.24) is 0 Å². The van der Waals surface area contributed by atoms with Crippen molar-refractivity contribution in [3.8, 4) is 0 Å². The van der Waals surface area contributed by atoms with Crippen molar-refractivity contribution in [2.75, 3.05) is 0 Å². The second-order valence-electron chi connectivity index (χ2n) is 4.59. The molecule has 0 atom stereocenters. The fourth-order valence-corrected chi connectivity index (χ4v) is 13.5. The van der Waals surface area contributed by atoms with Gasteiger partial charge in [-0.3, -0.25) is 0 Å². The van der Waals surface area contributed by atoms with Gasteiger partial charge in [0.05, 0.1) is 0 Å². The molecule has 0 aromatic heterocycles. The van der Waals surface area contributed by atoms with E-state index in [2.05, 4.69) is 0 Å². The quantitative estimate of drug-likeness (QED) is 0.604. The van der Waals surface area contributed by atoms with Crippen LogP contribution in [0.4, 0.5) is 0 Å². The Morgan fingerprint density at radius 1 is 0.600 bits per heavy atom. The minimum atomic E-state index is -0.590. The molecule has 0 unspecified atom stereocenters. The fraction of sp³-hybridized carbons (Fsp3) is 1.00. The molecule has 3 saturated carbocycles. The second-order valence-corrected chi connectivity index (χ2v) is 12.9. The summed E-state index contributed by atoms with van der Waals surface area (Å²) in [5.74, 6) is 0. The molecule has 0 heterocycles. The molecule has 3 aliphatic rings. The third-order valence-electron chi connectivity index (χ3n) is 3.50. The zero-order valence-electron chi connectivity index (χ0n) is 6.55. The average molecular weight is 193 g/mol. The van der Waals surface area contributed by atoms with E-state index in [4.69, 9.17) is 0 Å². The van der Waals surface area contributed by atoms with Crippen molar-refractivity contribution in [2.45, 2.75) is 51.9 Å². The summed E-state index contributed by atoms with van der Waals surface area (Å²) >= 11 is -0.590. The summed E-state index contributed by atoms with van der Waals surface area (Å²) in [5, 5.41) is 0. The molecule has 3 rings (SSSR count). The van der Waals surface area contributed by atoms with Gasteiger partial charge in [-0.15, -0.1) is 0 Å². The van der Waals surface area contributed by atoms with Crippen molar-refractivity contribution in [3.63, 3.8) is 0 Å². The van der Waals surface area contributed by atoms with E-state index in [9.17, 15) is 0 Å². The van der Waals surface area contributed by atoms with Crippen LogP contribution in [0.3, 0.4) is 0 Å². The molecule has 1 heteroatoms. The summed E-state index contributed by atoms with van der Waals surface area (Å²) in [4.78, 5) is 0. The van der Waals surface area contributed by atoms with Crippen LogP contribution in [0.15, 0.2) is 0 Å². The minimum absolute atomic E-state index is 0.590. The molecule has 0 amide bonds. The first kappa shape index (κ1) is 6.19. The average Bonchev–Trinajstić information content (AvgIpc) is 2.78. The van der Waals surface area contributed by atoms with E-state index in [0.29, 0.717) is 0 Å². The molecule has 0 radical (unpaired) electrons. The number of rotatable bonds is 3. The molecular formula is C9H15Ga. The Labute approximate surface area is 68.4 Å². The normalized spacial score (nSPS) is 32.4. The second kappa shape index (κ2) is 2.07. The fourth-order valence-electron chi connectivity index (χ4n) is 2.60. The molecule has 0 aromatic carbocycles.